The van der Waals surface area contributed by atoms with Gasteiger partial charge in [-0.05, 0) is 26.0 Å². The number of benzene rings is 1. The van der Waals surface area contributed by atoms with E-state index in [2.05, 4.69) is 0 Å². The van der Waals surface area contributed by atoms with Crippen molar-refractivity contribution in [3.8, 4) is 0 Å². The molecule has 0 saturated carbocycles. The van der Waals surface area contributed by atoms with Crippen LogP contribution in [0.15, 0.2) is 18.2 Å². The molecule has 0 N–H and O–H groups in total. The third-order valence-electron chi connectivity index (χ3n) is 2.22. The monoisotopic (exact) mass is 228 g/mol. The van der Waals surface area contributed by atoms with Crippen LogP contribution in [-0.2, 0) is 9.31 Å². The van der Waals surface area contributed by atoms with Gasteiger partial charge in [-0.15, -0.1) is 0 Å². The van der Waals surface area contributed by atoms with Gasteiger partial charge in [0.25, 0.3) is 0 Å². The van der Waals surface area contributed by atoms with Crippen molar-refractivity contribution in [1.82, 2.24) is 0 Å². The molecule has 0 amide bonds. The van der Waals surface area contributed by atoms with Gasteiger partial charge in [0.1, 0.15) is 5.82 Å². The summed E-state index contributed by atoms with van der Waals surface area (Å²) in [7, 11) is -0.628. The maximum absolute atomic E-state index is 13.5. The fourth-order valence-electron chi connectivity index (χ4n) is 1.48. The topological polar surface area (TPSA) is 18.5 Å². The third-order valence-corrected chi connectivity index (χ3v) is 2.46. The summed E-state index contributed by atoms with van der Waals surface area (Å²) in [5.74, 6) is -0.398. The van der Waals surface area contributed by atoms with Gasteiger partial charge in [-0.1, -0.05) is 17.7 Å². The smallest absolute Gasteiger partial charge is 0.404 e. The highest BCUT2D eigenvalue weighted by molar-refractivity contribution is 6.62. The molecule has 2 nitrogen and oxygen atoms in total. The minimum Gasteiger partial charge on any atom is -0.404 e. The molecule has 1 heterocycles. The Morgan fingerprint density at radius 1 is 1.47 bits per heavy atom. The van der Waals surface area contributed by atoms with Gasteiger partial charge in [-0.25, -0.2) is 4.39 Å². The van der Waals surface area contributed by atoms with Gasteiger partial charge in [-0.3, -0.25) is 0 Å². The van der Waals surface area contributed by atoms with Gasteiger partial charge >= 0.3 is 7.12 Å². The van der Waals surface area contributed by atoms with E-state index in [0.29, 0.717) is 17.1 Å². The van der Waals surface area contributed by atoms with Gasteiger partial charge < -0.3 is 9.31 Å². The summed E-state index contributed by atoms with van der Waals surface area (Å²) in [5.41, 5.74) is 0.0292. The van der Waals surface area contributed by atoms with Crippen molar-refractivity contribution in [3.05, 3.63) is 29.0 Å². The van der Waals surface area contributed by atoms with Crippen LogP contribution in [-0.4, -0.2) is 19.3 Å². The lowest BCUT2D eigenvalue weighted by atomic mass is 9.79. The lowest BCUT2D eigenvalue weighted by Gasteiger charge is -2.15. The quantitative estimate of drug-likeness (QED) is 0.685. The van der Waals surface area contributed by atoms with Crippen molar-refractivity contribution in [2.24, 2.45) is 0 Å². The molecule has 0 atom stereocenters. The molecule has 0 bridgehead atoms. The van der Waals surface area contributed by atoms with Crippen LogP contribution >= 0.6 is 11.6 Å². The summed E-state index contributed by atoms with van der Waals surface area (Å²) in [6.45, 7) is 4.27. The summed E-state index contributed by atoms with van der Waals surface area (Å²) in [6.07, 6.45) is 0. The molecule has 2 rings (SSSR count). The largest absolute Gasteiger partial charge is 0.497 e. The summed E-state index contributed by atoms with van der Waals surface area (Å²) in [4.78, 5) is 0. The van der Waals surface area contributed by atoms with Crippen molar-refractivity contribution in [2.45, 2.75) is 19.4 Å². The normalized spacial score (nSPS) is 19.6. The van der Waals surface area contributed by atoms with Crippen molar-refractivity contribution in [2.75, 3.05) is 6.61 Å². The number of rotatable bonds is 1. The molecule has 15 heavy (non-hydrogen) atoms. The molecular weight excluding hydrogens is 217 g/mol. The zero-order valence-corrected chi connectivity index (χ0v) is 9.34. The van der Waals surface area contributed by atoms with Crippen molar-refractivity contribution in [3.63, 3.8) is 0 Å². The molecule has 5 heteroatoms. The van der Waals surface area contributed by atoms with Crippen LogP contribution in [0.25, 0.3) is 0 Å². The first-order valence-electron chi connectivity index (χ1n) is 4.72. The van der Waals surface area contributed by atoms with E-state index in [0.717, 1.165) is 0 Å². The Kier molecular flexibility index (Phi) is 2.75. The zero-order valence-electron chi connectivity index (χ0n) is 8.59. The van der Waals surface area contributed by atoms with Gasteiger partial charge in [0, 0.05) is 10.5 Å². The Balaban J connectivity index is 2.24. The van der Waals surface area contributed by atoms with E-state index < -0.39 is 12.9 Å². The van der Waals surface area contributed by atoms with E-state index in [-0.39, 0.29) is 5.60 Å². The van der Waals surface area contributed by atoms with Gasteiger partial charge in [0.05, 0.1) is 12.2 Å². The average molecular weight is 228 g/mol. The van der Waals surface area contributed by atoms with E-state index in [1.165, 1.54) is 6.07 Å². The van der Waals surface area contributed by atoms with E-state index in [1.807, 2.05) is 13.8 Å². The second-order valence-electron chi connectivity index (χ2n) is 4.19. The lowest BCUT2D eigenvalue weighted by Crippen LogP contribution is -2.36. The average Bonchev–Trinajstić information content (AvgIpc) is 2.46. The first-order valence-corrected chi connectivity index (χ1v) is 5.10. The fraction of sp³-hybridized carbons (Fsp3) is 0.400. The first-order chi connectivity index (χ1) is 6.98. The Morgan fingerprint density at radius 3 is 2.73 bits per heavy atom. The van der Waals surface area contributed by atoms with Crippen molar-refractivity contribution < 1.29 is 13.7 Å². The van der Waals surface area contributed by atoms with Gasteiger partial charge in [0.15, 0.2) is 0 Å². The van der Waals surface area contributed by atoms with Crippen molar-refractivity contribution in [1.29, 1.82) is 0 Å². The summed E-state index contributed by atoms with van der Waals surface area (Å²) >= 11 is 5.66. The SMILES string of the molecule is CC1(C)COB(c2ccc(Cl)cc2F)O1. The maximum atomic E-state index is 13.5. The molecule has 1 aromatic rings. The fourth-order valence-corrected chi connectivity index (χ4v) is 1.64. The predicted octanol–water partition coefficient (Wildman–Crippen LogP) is 2.00. The molecule has 0 spiro atoms. The highest BCUT2D eigenvalue weighted by Crippen LogP contribution is 2.20. The highest BCUT2D eigenvalue weighted by Gasteiger charge is 2.39. The molecule has 0 aromatic heterocycles. The van der Waals surface area contributed by atoms with Crippen LogP contribution in [0.1, 0.15) is 13.8 Å². The van der Waals surface area contributed by atoms with Crippen LogP contribution in [0.5, 0.6) is 0 Å². The van der Waals surface area contributed by atoms with E-state index in [1.54, 1.807) is 12.1 Å². The lowest BCUT2D eigenvalue weighted by molar-refractivity contribution is 0.137. The Bertz CT molecular complexity index is 384. The van der Waals surface area contributed by atoms with Crippen LogP contribution < -0.4 is 5.46 Å². The Morgan fingerprint density at radius 2 is 2.20 bits per heavy atom. The van der Waals surface area contributed by atoms with E-state index in [4.69, 9.17) is 20.9 Å². The second kappa shape index (κ2) is 3.78. The number of hydrogen-bond acceptors (Lipinski definition) is 2. The number of halogens is 2. The minimum atomic E-state index is -0.628. The Labute approximate surface area is 93.5 Å². The zero-order chi connectivity index (χ0) is 11.1. The molecule has 1 aliphatic heterocycles. The molecule has 1 fully saturated rings. The maximum Gasteiger partial charge on any atom is 0.497 e. The second-order valence-corrected chi connectivity index (χ2v) is 4.62. The van der Waals surface area contributed by atoms with E-state index >= 15 is 0 Å². The minimum absolute atomic E-state index is 0.364. The molecule has 0 unspecified atom stereocenters. The first kappa shape index (κ1) is 10.9. The number of hydrogen-bond donors (Lipinski definition) is 0. The van der Waals surface area contributed by atoms with Crippen LogP contribution in [0.3, 0.4) is 0 Å². The van der Waals surface area contributed by atoms with Crippen LogP contribution in [0.2, 0.25) is 5.02 Å². The van der Waals surface area contributed by atoms with Crippen molar-refractivity contribution >= 4 is 24.2 Å². The van der Waals surface area contributed by atoms with Gasteiger partial charge in [0.2, 0.25) is 0 Å². The summed E-state index contributed by atoms with van der Waals surface area (Å²) < 4.78 is 24.4. The molecule has 1 saturated heterocycles. The van der Waals surface area contributed by atoms with E-state index in [9.17, 15) is 4.39 Å². The third kappa shape index (κ3) is 2.33. The predicted molar refractivity (Wildman–Crippen MR) is 57.9 cm³/mol. The van der Waals surface area contributed by atoms with Crippen LogP contribution in [0.4, 0.5) is 4.39 Å². The van der Waals surface area contributed by atoms with Crippen LogP contribution in [0, 0.1) is 5.82 Å². The molecule has 80 valence electrons. The Hall–Kier alpha value is -0.575. The summed E-state index contributed by atoms with van der Waals surface area (Å²) in [6, 6.07) is 4.47. The summed E-state index contributed by atoms with van der Waals surface area (Å²) in [5, 5.41) is 0.369. The highest BCUT2D eigenvalue weighted by atomic mass is 35.5. The molecular formula is C10H11BClFO2. The van der Waals surface area contributed by atoms with Gasteiger partial charge in [-0.2, -0.15) is 0 Å². The molecule has 1 aliphatic rings. The standard InChI is InChI=1S/C10H11BClFO2/c1-10(2)6-14-11(15-10)8-4-3-7(12)5-9(8)13/h3-5H,6H2,1-2H3. The molecule has 0 radical (unpaired) electrons. The molecule has 1 aromatic carbocycles. The molecule has 0 aliphatic carbocycles.